The van der Waals surface area contributed by atoms with Gasteiger partial charge in [-0.25, -0.2) is 9.37 Å². The molecule has 1 fully saturated rings. The Hall–Kier alpha value is -2.51. The van der Waals surface area contributed by atoms with Gasteiger partial charge >= 0.3 is 0 Å². The van der Waals surface area contributed by atoms with E-state index in [1.54, 1.807) is 25.4 Å². The number of nitriles is 1. The van der Waals surface area contributed by atoms with Crippen molar-refractivity contribution in [1.29, 1.82) is 5.26 Å². The van der Waals surface area contributed by atoms with Gasteiger partial charge in [0.25, 0.3) is 0 Å². The summed E-state index contributed by atoms with van der Waals surface area (Å²) in [6.45, 7) is 8.85. The van der Waals surface area contributed by atoms with E-state index in [0.717, 1.165) is 11.1 Å². The number of carbonyl (C=O) groups is 1. The molecule has 0 aliphatic carbocycles. The molecule has 1 aromatic carbocycles. The Kier molecular flexibility index (Phi) is 6.22. The molecule has 1 aliphatic rings. The Labute approximate surface area is 206 Å². The van der Waals surface area contributed by atoms with E-state index in [1.807, 2.05) is 24.0 Å². The van der Waals surface area contributed by atoms with Crippen LogP contribution in [0.15, 0.2) is 30.6 Å². The molecule has 1 saturated heterocycles. The zero-order valence-corrected chi connectivity index (χ0v) is 21.3. The van der Waals surface area contributed by atoms with Crippen LogP contribution in [-0.4, -0.2) is 39.9 Å². The first-order valence-corrected chi connectivity index (χ1v) is 12.1. The summed E-state index contributed by atoms with van der Waals surface area (Å²) in [5.41, 5.74) is 9.92. The molecule has 3 heterocycles. The van der Waals surface area contributed by atoms with Crippen LogP contribution in [-0.2, 0) is 8.22 Å². The van der Waals surface area contributed by atoms with Crippen molar-refractivity contribution in [1.82, 2.24) is 14.9 Å². The van der Waals surface area contributed by atoms with E-state index in [-0.39, 0.29) is 23.6 Å². The van der Waals surface area contributed by atoms with Crippen LogP contribution in [0, 0.1) is 35.9 Å². The molecular formula is C25H27FIN5O. The highest BCUT2D eigenvalue weighted by atomic mass is 127. The van der Waals surface area contributed by atoms with E-state index in [9.17, 15) is 10.1 Å². The van der Waals surface area contributed by atoms with Crippen molar-refractivity contribution in [3.05, 3.63) is 53.1 Å². The number of benzene rings is 1. The zero-order chi connectivity index (χ0) is 24.1. The number of hydrogen-bond acceptors (Lipinski definition) is 4. The van der Waals surface area contributed by atoms with E-state index in [1.165, 1.54) is 0 Å². The minimum atomic E-state index is -0.548. The van der Waals surface area contributed by atoms with Gasteiger partial charge in [-0.1, -0.05) is 42.5 Å². The second-order valence-corrected chi connectivity index (χ2v) is 10.9. The van der Waals surface area contributed by atoms with Gasteiger partial charge in [-0.15, -0.1) is 0 Å². The number of likely N-dealkylation sites (tertiary alicyclic amines) is 1. The Balaban J connectivity index is 1.78. The SMILES string of the molecule is Cc1cc(-c2ccnc3[nH]cc(C#N)c23)cc(F)c1C1(I)[C@H](C)CN(C(=O)[C@H](C)N)C[C@@H]1C. The molecule has 3 N–H and O–H groups in total. The van der Waals surface area contributed by atoms with Crippen molar-refractivity contribution in [3.63, 3.8) is 0 Å². The van der Waals surface area contributed by atoms with Crippen LogP contribution < -0.4 is 5.73 Å². The molecule has 4 atom stereocenters. The number of aromatic nitrogens is 2. The average Bonchev–Trinajstić information content (AvgIpc) is 3.19. The number of aromatic amines is 1. The van der Waals surface area contributed by atoms with Crippen LogP contribution in [0.5, 0.6) is 0 Å². The first-order valence-electron chi connectivity index (χ1n) is 11.0. The second-order valence-electron chi connectivity index (χ2n) is 9.15. The summed E-state index contributed by atoms with van der Waals surface area (Å²) in [4.78, 5) is 21.6. The number of alkyl halides is 1. The van der Waals surface area contributed by atoms with Crippen molar-refractivity contribution >= 4 is 39.5 Å². The van der Waals surface area contributed by atoms with E-state index in [4.69, 9.17) is 5.73 Å². The first kappa shape index (κ1) is 23.6. The van der Waals surface area contributed by atoms with Crippen LogP contribution in [0.1, 0.15) is 37.5 Å². The van der Waals surface area contributed by atoms with Crippen LogP contribution >= 0.6 is 22.6 Å². The highest BCUT2D eigenvalue weighted by Crippen LogP contribution is 2.51. The molecule has 0 bridgehead atoms. The molecule has 1 unspecified atom stereocenters. The quantitative estimate of drug-likeness (QED) is 0.361. The summed E-state index contributed by atoms with van der Waals surface area (Å²) in [5.74, 6) is -0.275. The molecule has 0 spiro atoms. The van der Waals surface area contributed by atoms with Crippen molar-refractivity contribution in [2.45, 2.75) is 37.2 Å². The second kappa shape index (κ2) is 8.69. The fourth-order valence-electron chi connectivity index (χ4n) is 5.22. The number of fused-ring (bicyclic) bond motifs is 1. The summed E-state index contributed by atoms with van der Waals surface area (Å²) < 4.78 is 15.4. The normalized spacial score (nSPS) is 24.0. The van der Waals surface area contributed by atoms with Gasteiger partial charge in [0.15, 0.2) is 0 Å². The van der Waals surface area contributed by atoms with Crippen molar-refractivity contribution in [2.75, 3.05) is 13.1 Å². The average molecular weight is 559 g/mol. The zero-order valence-electron chi connectivity index (χ0n) is 19.1. The van der Waals surface area contributed by atoms with Gasteiger partial charge < -0.3 is 15.6 Å². The van der Waals surface area contributed by atoms with Crippen LogP contribution in [0.25, 0.3) is 22.2 Å². The van der Waals surface area contributed by atoms with Gasteiger partial charge in [-0.3, -0.25) is 4.79 Å². The summed E-state index contributed by atoms with van der Waals surface area (Å²) >= 11 is 2.39. The van der Waals surface area contributed by atoms with Gasteiger partial charge in [0.2, 0.25) is 5.91 Å². The van der Waals surface area contributed by atoms with Crippen LogP contribution in [0.3, 0.4) is 0 Å². The number of pyridine rings is 1. The molecule has 33 heavy (non-hydrogen) atoms. The molecule has 1 aliphatic heterocycles. The maximum Gasteiger partial charge on any atom is 0.239 e. The number of carbonyl (C=O) groups excluding carboxylic acids is 1. The number of piperidine rings is 1. The summed E-state index contributed by atoms with van der Waals surface area (Å²) in [7, 11) is 0. The number of hydrogen-bond donors (Lipinski definition) is 2. The predicted molar refractivity (Wildman–Crippen MR) is 135 cm³/mol. The van der Waals surface area contributed by atoms with Crippen molar-refractivity contribution in [2.24, 2.45) is 17.6 Å². The fourth-order valence-corrected chi connectivity index (χ4v) is 6.29. The number of H-pyrrole nitrogens is 1. The number of nitrogens with two attached hydrogens (primary N) is 1. The molecule has 4 rings (SSSR count). The molecule has 3 aromatic rings. The van der Waals surface area contributed by atoms with Gasteiger partial charge in [0.05, 0.1) is 15.0 Å². The first-order chi connectivity index (χ1) is 15.6. The fraction of sp³-hybridized carbons (Fsp3) is 0.400. The van der Waals surface area contributed by atoms with Gasteiger partial charge in [-0.05, 0) is 54.5 Å². The molecule has 0 radical (unpaired) electrons. The minimum Gasteiger partial charge on any atom is -0.345 e. The lowest BCUT2D eigenvalue weighted by Crippen LogP contribution is -2.56. The predicted octanol–water partition coefficient (Wildman–Crippen LogP) is 4.64. The standard InChI is InChI=1S/C25H27FIN5O/c1-13-7-17(19-5-6-30-23-21(19)18(9-28)10-31-23)8-20(26)22(13)25(27)14(2)11-32(12-15(25)3)24(33)16(4)29/h5-8,10,14-16H,11-12,29H2,1-4H3,(H,30,31)/t14-,15+,16-,25?/m0/s1. The molecule has 2 aromatic heterocycles. The third kappa shape index (κ3) is 3.81. The van der Waals surface area contributed by atoms with E-state index >= 15 is 4.39 Å². The number of halogens is 2. The van der Waals surface area contributed by atoms with Crippen molar-refractivity contribution < 1.29 is 9.18 Å². The highest BCUT2D eigenvalue weighted by Gasteiger charge is 2.48. The maximum atomic E-state index is 15.9. The number of rotatable bonds is 3. The van der Waals surface area contributed by atoms with Gasteiger partial charge in [0, 0.05) is 36.4 Å². The monoisotopic (exact) mass is 559 g/mol. The molecule has 172 valence electrons. The van der Waals surface area contributed by atoms with Crippen LogP contribution in [0.4, 0.5) is 4.39 Å². The summed E-state index contributed by atoms with van der Waals surface area (Å²) in [6, 6.07) is 7.00. The molecule has 0 saturated carbocycles. The van der Waals surface area contributed by atoms with Crippen molar-refractivity contribution in [3.8, 4) is 17.2 Å². The summed E-state index contributed by atoms with van der Waals surface area (Å²) in [5, 5.41) is 10.2. The highest BCUT2D eigenvalue weighted by molar-refractivity contribution is 14.1. The van der Waals surface area contributed by atoms with E-state index < -0.39 is 9.46 Å². The Bertz CT molecular complexity index is 1240. The molecule has 6 nitrogen and oxygen atoms in total. The topological polar surface area (TPSA) is 98.8 Å². The molecule has 8 heteroatoms. The van der Waals surface area contributed by atoms with Crippen LogP contribution in [0.2, 0.25) is 0 Å². The number of aryl methyl sites for hydroxylation is 1. The van der Waals surface area contributed by atoms with E-state index in [2.05, 4.69) is 52.5 Å². The largest absolute Gasteiger partial charge is 0.345 e. The summed E-state index contributed by atoms with van der Waals surface area (Å²) in [6.07, 6.45) is 3.28. The number of nitrogens with one attached hydrogen (secondary N) is 1. The molecular weight excluding hydrogens is 532 g/mol. The Morgan fingerprint density at radius 2 is 2.06 bits per heavy atom. The number of nitrogens with zero attached hydrogens (tertiary/aromatic N) is 3. The van der Waals surface area contributed by atoms with E-state index in [0.29, 0.717) is 40.8 Å². The third-order valence-corrected chi connectivity index (χ3v) is 9.47. The maximum absolute atomic E-state index is 15.9. The van der Waals surface area contributed by atoms with Gasteiger partial charge in [0.1, 0.15) is 17.5 Å². The molecule has 1 amide bonds. The number of amides is 1. The lowest BCUT2D eigenvalue weighted by atomic mass is 9.73. The third-order valence-electron chi connectivity index (χ3n) is 6.80. The smallest absolute Gasteiger partial charge is 0.239 e. The lowest BCUT2D eigenvalue weighted by molar-refractivity contribution is -0.135. The minimum absolute atomic E-state index is 0.0334. The van der Waals surface area contributed by atoms with Gasteiger partial charge in [-0.2, -0.15) is 5.26 Å². The Morgan fingerprint density at radius 1 is 1.39 bits per heavy atom. The lowest BCUT2D eigenvalue weighted by Gasteiger charge is -2.49. The Morgan fingerprint density at radius 3 is 2.64 bits per heavy atom.